The fraction of sp³-hybridized carbons (Fsp3) is 0.160. The Hall–Kier alpha value is -3.84. The molecule has 1 aliphatic heterocycles. The van der Waals surface area contributed by atoms with Gasteiger partial charge in [0.1, 0.15) is 34.2 Å². The van der Waals surface area contributed by atoms with Crippen LogP contribution in [0.5, 0.6) is 5.75 Å². The number of hydrogen-bond donors (Lipinski definition) is 0. The number of ether oxygens (including phenoxy) is 1. The lowest BCUT2D eigenvalue weighted by molar-refractivity contribution is 0.0708. The summed E-state index contributed by atoms with van der Waals surface area (Å²) >= 11 is 6.40. The zero-order valence-corrected chi connectivity index (χ0v) is 18.7. The summed E-state index contributed by atoms with van der Waals surface area (Å²) in [5.41, 5.74) is 2.81. The van der Waals surface area contributed by atoms with Crippen molar-refractivity contribution in [3.63, 3.8) is 0 Å². The lowest BCUT2D eigenvalue weighted by Gasteiger charge is -2.23. The van der Waals surface area contributed by atoms with Crippen LogP contribution in [-0.4, -0.2) is 28.9 Å². The van der Waals surface area contributed by atoms with E-state index in [1.54, 1.807) is 38.5 Å². The van der Waals surface area contributed by atoms with Crippen LogP contribution in [0.25, 0.3) is 11.3 Å². The number of furan rings is 1. The standard InChI is InChI=1S/C25H20ClN3O4/c1-15-23(24(28-33-15)16-8-3-5-10-18(16)26)25(30)29-20(17-9-4-6-11-21(17)31-2)14-19(27-29)22-12-7-13-32-22/h3-13,20H,14H2,1-2H3/t20-/m0/s1. The van der Waals surface area contributed by atoms with E-state index in [1.807, 2.05) is 42.5 Å². The van der Waals surface area contributed by atoms with Gasteiger partial charge in [0.2, 0.25) is 0 Å². The van der Waals surface area contributed by atoms with Gasteiger partial charge in [0, 0.05) is 17.5 Å². The predicted octanol–water partition coefficient (Wildman–Crippen LogP) is 5.90. The number of nitrogens with zero attached hydrogens (tertiary/aromatic N) is 3. The highest BCUT2D eigenvalue weighted by Crippen LogP contribution is 2.40. The van der Waals surface area contributed by atoms with Gasteiger partial charge < -0.3 is 13.7 Å². The molecule has 1 atom stereocenters. The number of hydrogen-bond acceptors (Lipinski definition) is 6. The number of methoxy groups -OCH3 is 1. The SMILES string of the molecule is COc1ccccc1[C@@H]1CC(c2ccco2)=NN1C(=O)c1c(-c2ccccc2Cl)noc1C. The molecule has 2 aromatic heterocycles. The van der Waals surface area contributed by atoms with E-state index in [1.165, 1.54) is 5.01 Å². The van der Waals surface area contributed by atoms with E-state index in [-0.39, 0.29) is 5.91 Å². The van der Waals surface area contributed by atoms with E-state index in [4.69, 9.17) is 25.3 Å². The van der Waals surface area contributed by atoms with Gasteiger partial charge in [-0.1, -0.05) is 53.2 Å². The molecule has 33 heavy (non-hydrogen) atoms. The van der Waals surface area contributed by atoms with Crippen molar-refractivity contribution in [1.82, 2.24) is 10.2 Å². The number of amides is 1. The third-order valence-corrected chi connectivity index (χ3v) is 5.96. The molecule has 1 aliphatic rings. The lowest BCUT2D eigenvalue weighted by atomic mass is 9.98. The molecule has 0 bridgehead atoms. The Morgan fingerprint density at radius 1 is 1.12 bits per heavy atom. The van der Waals surface area contributed by atoms with Crippen LogP contribution in [0.15, 0.2) is 81.0 Å². The molecule has 0 N–H and O–H groups in total. The second kappa shape index (κ2) is 8.60. The predicted molar refractivity (Wildman–Crippen MR) is 123 cm³/mol. The molecule has 1 amide bonds. The molecule has 0 fully saturated rings. The van der Waals surface area contributed by atoms with Crippen LogP contribution in [0.2, 0.25) is 5.02 Å². The maximum Gasteiger partial charge on any atom is 0.280 e. The highest BCUT2D eigenvalue weighted by atomic mass is 35.5. The van der Waals surface area contributed by atoms with Crippen molar-refractivity contribution in [2.45, 2.75) is 19.4 Å². The van der Waals surface area contributed by atoms with Gasteiger partial charge in [-0.15, -0.1) is 0 Å². The minimum Gasteiger partial charge on any atom is -0.496 e. The number of carbonyl (C=O) groups excluding carboxylic acids is 1. The Labute approximate surface area is 195 Å². The first-order chi connectivity index (χ1) is 16.1. The molecular weight excluding hydrogens is 442 g/mol. The Balaban J connectivity index is 1.62. The van der Waals surface area contributed by atoms with Crippen molar-refractivity contribution in [3.05, 3.63) is 94.6 Å². The molecule has 7 nitrogen and oxygen atoms in total. The maximum absolute atomic E-state index is 13.9. The quantitative estimate of drug-likeness (QED) is 0.369. The second-order valence-corrected chi connectivity index (χ2v) is 7.99. The average Bonchev–Trinajstić information content (AvgIpc) is 3.58. The van der Waals surface area contributed by atoms with Gasteiger partial charge in [-0.2, -0.15) is 5.10 Å². The van der Waals surface area contributed by atoms with Gasteiger partial charge in [0.15, 0.2) is 0 Å². The monoisotopic (exact) mass is 461 g/mol. The second-order valence-electron chi connectivity index (χ2n) is 7.58. The number of hydrazone groups is 1. The Bertz CT molecular complexity index is 1340. The highest BCUT2D eigenvalue weighted by Gasteiger charge is 2.38. The number of aromatic nitrogens is 1. The van der Waals surface area contributed by atoms with Crippen LogP contribution in [0.1, 0.15) is 39.9 Å². The molecule has 0 unspecified atom stereocenters. The van der Waals surface area contributed by atoms with Gasteiger partial charge in [-0.3, -0.25) is 4.79 Å². The molecule has 0 saturated carbocycles. The zero-order valence-electron chi connectivity index (χ0n) is 18.0. The number of halogens is 1. The summed E-state index contributed by atoms with van der Waals surface area (Å²) in [7, 11) is 1.61. The number of carbonyl (C=O) groups is 1. The van der Waals surface area contributed by atoms with Gasteiger partial charge in [-0.25, -0.2) is 5.01 Å². The van der Waals surface area contributed by atoms with Crippen molar-refractivity contribution in [3.8, 4) is 17.0 Å². The summed E-state index contributed by atoms with van der Waals surface area (Å²) in [6, 6.07) is 18.0. The number of para-hydroxylation sites is 1. The molecule has 2 aromatic carbocycles. The van der Waals surface area contributed by atoms with E-state index in [2.05, 4.69) is 10.3 Å². The molecule has 0 aliphatic carbocycles. The van der Waals surface area contributed by atoms with Crippen LogP contribution in [0.4, 0.5) is 0 Å². The molecule has 5 rings (SSSR count). The summed E-state index contributed by atoms with van der Waals surface area (Å²) in [4.78, 5) is 13.9. The van der Waals surface area contributed by atoms with Crippen LogP contribution in [0, 0.1) is 6.92 Å². The Kier molecular flexibility index (Phi) is 5.48. The third kappa shape index (κ3) is 3.70. The van der Waals surface area contributed by atoms with Crippen molar-refractivity contribution < 1.29 is 18.5 Å². The van der Waals surface area contributed by atoms with Gasteiger partial charge in [0.05, 0.1) is 24.4 Å². The van der Waals surface area contributed by atoms with Crippen LogP contribution < -0.4 is 4.74 Å². The molecule has 3 heterocycles. The topological polar surface area (TPSA) is 81.1 Å². The molecule has 0 radical (unpaired) electrons. The normalized spacial score (nSPS) is 15.5. The van der Waals surface area contributed by atoms with Crippen LogP contribution in [0.3, 0.4) is 0 Å². The molecular formula is C25H20ClN3O4. The van der Waals surface area contributed by atoms with Crippen molar-refractivity contribution in [1.29, 1.82) is 0 Å². The van der Waals surface area contributed by atoms with E-state index in [9.17, 15) is 4.79 Å². The summed E-state index contributed by atoms with van der Waals surface area (Å²) in [6.07, 6.45) is 2.05. The zero-order chi connectivity index (χ0) is 22.9. The van der Waals surface area contributed by atoms with Crippen molar-refractivity contribution >= 4 is 23.2 Å². The van der Waals surface area contributed by atoms with Crippen LogP contribution in [-0.2, 0) is 0 Å². The lowest BCUT2D eigenvalue weighted by Crippen LogP contribution is -2.28. The average molecular weight is 462 g/mol. The highest BCUT2D eigenvalue weighted by molar-refractivity contribution is 6.33. The van der Waals surface area contributed by atoms with Crippen LogP contribution >= 0.6 is 11.6 Å². The van der Waals surface area contributed by atoms with Gasteiger partial charge in [-0.05, 0) is 31.2 Å². The minimum atomic E-state index is -0.401. The minimum absolute atomic E-state index is 0.312. The number of benzene rings is 2. The molecule has 8 heteroatoms. The van der Waals surface area contributed by atoms with E-state index < -0.39 is 6.04 Å². The summed E-state index contributed by atoms with van der Waals surface area (Å²) in [5.74, 6) is 1.32. The van der Waals surface area contributed by atoms with Crippen molar-refractivity contribution in [2.75, 3.05) is 7.11 Å². The first-order valence-corrected chi connectivity index (χ1v) is 10.7. The number of rotatable bonds is 5. The smallest absolute Gasteiger partial charge is 0.280 e. The molecule has 0 spiro atoms. The van der Waals surface area contributed by atoms with Gasteiger partial charge >= 0.3 is 0 Å². The summed E-state index contributed by atoms with van der Waals surface area (Å²) in [5, 5.41) is 10.7. The fourth-order valence-electron chi connectivity index (χ4n) is 4.05. The largest absolute Gasteiger partial charge is 0.496 e. The Morgan fingerprint density at radius 2 is 1.91 bits per heavy atom. The van der Waals surface area contributed by atoms with E-state index in [0.717, 1.165) is 5.56 Å². The summed E-state index contributed by atoms with van der Waals surface area (Å²) in [6.45, 7) is 1.70. The fourth-order valence-corrected chi connectivity index (χ4v) is 4.27. The van der Waals surface area contributed by atoms with Gasteiger partial charge in [0.25, 0.3) is 5.91 Å². The van der Waals surface area contributed by atoms with E-state index in [0.29, 0.717) is 51.2 Å². The first-order valence-electron chi connectivity index (χ1n) is 10.4. The summed E-state index contributed by atoms with van der Waals surface area (Å²) < 4.78 is 16.6. The third-order valence-electron chi connectivity index (χ3n) is 5.63. The molecule has 166 valence electrons. The maximum atomic E-state index is 13.9. The first kappa shape index (κ1) is 21.0. The van der Waals surface area contributed by atoms with Crippen molar-refractivity contribution in [2.24, 2.45) is 5.10 Å². The Morgan fingerprint density at radius 3 is 2.67 bits per heavy atom. The molecule has 0 saturated heterocycles. The molecule has 4 aromatic rings. The number of aryl methyl sites for hydroxylation is 1. The van der Waals surface area contributed by atoms with E-state index >= 15 is 0 Å².